The van der Waals surface area contributed by atoms with E-state index in [4.69, 9.17) is 5.11 Å². The molecule has 0 aliphatic carbocycles. The number of carboxylic acid groups (broad SMARTS) is 1. The number of H-pyrrole nitrogens is 1. The van der Waals surface area contributed by atoms with Crippen LogP contribution in [0.5, 0.6) is 0 Å². The van der Waals surface area contributed by atoms with Crippen LogP contribution in [0.3, 0.4) is 0 Å². The van der Waals surface area contributed by atoms with E-state index >= 15 is 0 Å². The molecule has 8 nitrogen and oxygen atoms in total. The van der Waals surface area contributed by atoms with Crippen LogP contribution in [-0.4, -0.2) is 35.9 Å². The van der Waals surface area contributed by atoms with Gasteiger partial charge in [-0.1, -0.05) is 23.9 Å². The number of hydrogen-bond acceptors (Lipinski definition) is 5. The number of aromatic nitrogens is 4. The van der Waals surface area contributed by atoms with Gasteiger partial charge in [0.15, 0.2) is 16.3 Å². The van der Waals surface area contributed by atoms with E-state index in [1.165, 1.54) is 11.6 Å². The van der Waals surface area contributed by atoms with Crippen LogP contribution in [-0.2, 0) is 18.4 Å². The third-order valence-corrected chi connectivity index (χ3v) is 3.78. The van der Waals surface area contributed by atoms with Gasteiger partial charge in [-0.05, 0) is 6.92 Å². The van der Waals surface area contributed by atoms with Crippen LogP contribution in [0, 0.1) is 0 Å². The Bertz CT molecular complexity index is 830. The van der Waals surface area contributed by atoms with Gasteiger partial charge in [0.1, 0.15) is 0 Å². The number of rotatable bonds is 5. The fourth-order valence-electron chi connectivity index (χ4n) is 1.83. The van der Waals surface area contributed by atoms with E-state index in [0.29, 0.717) is 11.7 Å². The van der Waals surface area contributed by atoms with Crippen LogP contribution in [0.4, 0.5) is 0 Å². The molecule has 0 atom stereocenters. The maximum Gasteiger partial charge on any atom is 0.329 e. The standard InChI is InChI=1S/C12H14N4O4S/c1-3-4-5-16-8-9(13-12(16)21-6-7(17)18)15(2)11(20)14-10(8)19/h3-4H,5-6H2,1-2H3,(H,17,18)(H,14,19,20). The number of carboxylic acids is 1. The fraction of sp³-hybridized carbons (Fsp3) is 0.333. The predicted octanol–water partition coefficient (Wildman–Crippen LogP) is 0.176. The average molecular weight is 310 g/mol. The first-order valence-electron chi connectivity index (χ1n) is 6.11. The van der Waals surface area contributed by atoms with Crippen molar-refractivity contribution in [2.75, 3.05) is 5.75 Å². The maximum absolute atomic E-state index is 12.0. The van der Waals surface area contributed by atoms with Crippen molar-refractivity contribution in [2.24, 2.45) is 7.05 Å². The highest BCUT2D eigenvalue weighted by atomic mass is 32.2. The normalized spacial score (nSPS) is 11.5. The molecule has 0 aliphatic rings. The second-order valence-corrected chi connectivity index (χ2v) is 5.19. The average Bonchev–Trinajstić information content (AvgIpc) is 2.79. The van der Waals surface area contributed by atoms with Gasteiger partial charge in [0, 0.05) is 13.6 Å². The van der Waals surface area contributed by atoms with Crippen LogP contribution in [0.25, 0.3) is 11.2 Å². The molecule has 0 spiro atoms. The second kappa shape index (κ2) is 6.00. The van der Waals surface area contributed by atoms with Crippen molar-refractivity contribution in [1.82, 2.24) is 19.1 Å². The van der Waals surface area contributed by atoms with E-state index in [0.717, 1.165) is 11.8 Å². The van der Waals surface area contributed by atoms with Crippen molar-refractivity contribution in [3.05, 3.63) is 33.0 Å². The summed E-state index contributed by atoms with van der Waals surface area (Å²) in [5.41, 5.74) is -0.602. The van der Waals surface area contributed by atoms with E-state index < -0.39 is 17.2 Å². The van der Waals surface area contributed by atoms with Gasteiger partial charge in [0.2, 0.25) is 0 Å². The van der Waals surface area contributed by atoms with Crippen LogP contribution in [0.2, 0.25) is 0 Å². The van der Waals surface area contributed by atoms with Crippen molar-refractivity contribution in [3.8, 4) is 0 Å². The summed E-state index contributed by atoms with van der Waals surface area (Å²) < 4.78 is 2.83. The molecule has 0 bridgehead atoms. The number of carbonyl (C=O) groups is 1. The van der Waals surface area contributed by atoms with E-state index in [-0.39, 0.29) is 16.9 Å². The summed E-state index contributed by atoms with van der Waals surface area (Å²) in [6, 6.07) is 0. The molecule has 0 radical (unpaired) electrons. The number of aromatic amines is 1. The topological polar surface area (TPSA) is 110 Å². The Morgan fingerprint density at radius 2 is 2.19 bits per heavy atom. The SMILES string of the molecule is CC=CCn1c(SCC(=O)O)nc2c1c(=O)[nH]c(=O)n2C. The monoisotopic (exact) mass is 310 g/mol. The molecule has 0 saturated heterocycles. The molecule has 2 N–H and O–H groups in total. The van der Waals surface area contributed by atoms with E-state index in [9.17, 15) is 14.4 Å². The largest absolute Gasteiger partial charge is 0.481 e. The number of aryl methyl sites for hydroxylation is 1. The van der Waals surface area contributed by atoms with Crippen LogP contribution < -0.4 is 11.2 Å². The first kappa shape index (κ1) is 15.1. The highest BCUT2D eigenvalue weighted by Crippen LogP contribution is 2.21. The van der Waals surface area contributed by atoms with E-state index in [2.05, 4.69) is 9.97 Å². The Kier molecular flexibility index (Phi) is 4.32. The number of nitrogens with zero attached hydrogens (tertiary/aromatic N) is 3. The van der Waals surface area contributed by atoms with Crippen LogP contribution >= 0.6 is 11.8 Å². The Balaban J connectivity index is 2.69. The second-order valence-electron chi connectivity index (χ2n) is 4.25. The molecule has 0 aliphatic heterocycles. The molecular formula is C12H14N4O4S. The lowest BCUT2D eigenvalue weighted by molar-refractivity contribution is -0.133. The van der Waals surface area contributed by atoms with Gasteiger partial charge in [-0.2, -0.15) is 0 Å². The van der Waals surface area contributed by atoms with Crippen molar-refractivity contribution in [1.29, 1.82) is 0 Å². The van der Waals surface area contributed by atoms with Gasteiger partial charge in [-0.15, -0.1) is 0 Å². The summed E-state index contributed by atoms with van der Waals surface area (Å²) in [5.74, 6) is -1.15. The molecule has 2 heterocycles. The number of aliphatic carboxylic acids is 1. The minimum Gasteiger partial charge on any atom is -0.481 e. The van der Waals surface area contributed by atoms with Gasteiger partial charge in [-0.25, -0.2) is 9.78 Å². The molecule has 2 aromatic rings. The molecule has 0 aromatic carbocycles. The maximum atomic E-state index is 12.0. The lowest BCUT2D eigenvalue weighted by Crippen LogP contribution is -2.29. The minimum absolute atomic E-state index is 0.176. The van der Waals surface area contributed by atoms with Gasteiger partial charge < -0.3 is 9.67 Å². The van der Waals surface area contributed by atoms with Crippen molar-refractivity contribution < 1.29 is 9.90 Å². The van der Waals surface area contributed by atoms with Gasteiger partial charge in [0.25, 0.3) is 5.56 Å². The number of hydrogen-bond donors (Lipinski definition) is 2. The summed E-state index contributed by atoms with van der Waals surface area (Å²) in [5, 5.41) is 9.16. The zero-order chi connectivity index (χ0) is 15.6. The quantitative estimate of drug-likeness (QED) is 0.602. The summed E-state index contributed by atoms with van der Waals surface area (Å²) in [6.07, 6.45) is 3.63. The number of fused-ring (bicyclic) bond motifs is 1. The van der Waals surface area contributed by atoms with Crippen molar-refractivity contribution in [3.63, 3.8) is 0 Å². The van der Waals surface area contributed by atoms with Gasteiger partial charge in [0.05, 0.1) is 5.75 Å². The van der Waals surface area contributed by atoms with Crippen molar-refractivity contribution in [2.45, 2.75) is 18.6 Å². The van der Waals surface area contributed by atoms with Crippen LogP contribution in [0.1, 0.15) is 6.92 Å². The molecule has 112 valence electrons. The third-order valence-electron chi connectivity index (χ3n) is 2.82. The van der Waals surface area contributed by atoms with E-state index in [1.807, 2.05) is 19.1 Å². The molecule has 0 unspecified atom stereocenters. The number of allylic oxidation sites excluding steroid dienone is 2. The smallest absolute Gasteiger partial charge is 0.329 e. The lowest BCUT2D eigenvalue weighted by atomic mass is 10.4. The summed E-state index contributed by atoms with van der Waals surface area (Å²) in [7, 11) is 1.50. The third kappa shape index (κ3) is 2.92. The van der Waals surface area contributed by atoms with Crippen molar-refractivity contribution >= 4 is 28.9 Å². The van der Waals surface area contributed by atoms with Gasteiger partial charge in [-0.3, -0.25) is 19.1 Å². The molecule has 0 amide bonds. The fourth-order valence-corrected chi connectivity index (χ4v) is 2.56. The first-order valence-corrected chi connectivity index (χ1v) is 7.09. The number of nitrogens with one attached hydrogen (secondary N) is 1. The molecular weight excluding hydrogens is 296 g/mol. The lowest BCUT2D eigenvalue weighted by Gasteiger charge is -2.04. The molecule has 21 heavy (non-hydrogen) atoms. The molecule has 0 fully saturated rings. The summed E-state index contributed by atoms with van der Waals surface area (Å²) in [4.78, 5) is 40.8. The predicted molar refractivity (Wildman–Crippen MR) is 78.8 cm³/mol. The molecule has 2 aromatic heterocycles. The molecule has 0 saturated carbocycles. The summed E-state index contributed by atoms with van der Waals surface area (Å²) >= 11 is 1.00. The Hall–Kier alpha value is -2.29. The Morgan fingerprint density at radius 3 is 2.81 bits per heavy atom. The number of thioether (sulfide) groups is 1. The first-order chi connectivity index (χ1) is 9.95. The highest BCUT2D eigenvalue weighted by Gasteiger charge is 2.17. The zero-order valence-electron chi connectivity index (χ0n) is 11.5. The van der Waals surface area contributed by atoms with E-state index in [1.54, 1.807) is 4.57 Å². The molecule has 2 rings (SSSR count). The Labute approximate surface area is 123 Å². The highest BCUT2D eigenvalue weighted by molar-refractivity contribution is 7.99. The summed E-state index contributed by atoms with van der Waals surface area (Å²) in [6.45, 7) is 2.21. The van der Waals surface area contributed by atoms with Crippen LogP contribution in [0.15, 0.2) is 26.9 Å². The minimum atomic E-state index is -0.979. The molecule has 9 heteroatoms. The Morgan fingerprint density at radius 1 is 1.48 bits per heavy atom. The number of imidazole rings is 1. The zero-order valence-corrected chi connectivity index (χ0v) is 12.3. The van der Waals surface area contributed by atoms with Gasteiger partial charge >= 0.3 is 11.7 Å².